The van der Waals surface area contributed by atoms with Gasteiger partial charge in [0.15, 0.2) is 5.16 Å². The van der Waals surface area contributed by atoms with Crippen molar-refractivity contribution >= 4 is 50.6 Å². The second kappa shape index (κ2) is 9.12. The van der Waals surface area contributed by atoms with Crippen molar-refractivity contribution in [1.29, 1.82) is 0 Å². The normalized spacial score (nSPS) is 12.0. The first kappa shape index (κ1) is 22.6. The van der Waals surface area contributed by atoms with E-state index in [1.807, 2.05) is 36.4 Å². The standard InChI is InChI=1S/C22H17FN4O4S2/c1-12(19(28)24-14-8-9-16(23)17(10-14)27(30)31)32-22-25-20-15(21(29)26(22)2)11-18(33-20)13-6-4-3-5-7-13/h3-12H,1-2H3,(H,24,28). The van der Waals surface area contributed by atoms with Gasteiger partial charge in [0.25, 0.3) is 5.56 Å². The van der Waals surface area contributed by atoms with E-state index in [0.29, 0.717) is 15.4 Å². The molecule has 11 heteroatoms. The van der Waals surface area contributed by atoms with Crippen LogP contribution in [0, 0.1) is 15.9 Å². The van der Waals surface area contributed by atoms with Crippen LogP contribution in [0.4, 0.5) is 15.8 Å². The minimum Gasteiger partial charge on any atom is -0.325 e. The third kappa shape index (κ3) is 4.64. The van der Waals surface area contributed by atoms with Gasteiger partial charge in [-0.25, -0.2) is 4.98 Å². The fourth-order valence-corrected chi connectivity index (χ4v) is 5.04. The van der Waals surface area contributed by atoms with Crippen molar-refractivity contribution in [3.63, 3.8) is 0 Å². The summed E-state index contributed by atoms with van der Waals surface area (Å²) in [5.74, 6) is -1.45. The monoisotopic (exact) mass is 484 g/mol. The topological polar surface area (TPSA) is 107 Å². The van der Waals surface area contributed by atoms with Gasteiger partial charge >= 0.3 is 5.69 Å². The van der Waals surface area contributed by atoms with E-state index in [-0.39, 0.29) is 11.2 Å². The zero-order valence-corrected chi connectivity index (χ0v) is 19.1. The third-order valence-electron chi connectivity index (χ3n) is 4.85. The van der Waals surface area contributed by atoms with Crippen LogP contribution in [0.15, 0.2) is 64.5 Å². The Hall–Kier alpha value is -3.57. The Morgan fingerprint density at radius 1 is 1.24 bits per heavy atom. The summed E-state index contributed by atoms with van der Waals surface area (Å²) < 4.78 is 14.9. The number of anilines is 1. The second-order valence-corrected chi connectivity index (χ2v) is 9.47. The summed E-state index contributed by atoms with van der Waals surface area (Å²) in [5, 5.41) is 13.6. The summed E-state index contributed by atoms with van der Waals surface area (Å²) in [4.78, 5) is 41.6. The van der Waals surface area contributed by atoms with E-state index in [0.717, 1.165) is 34.3 Å². The number of carbonyl (C=O) groups is 1. The molecular weight excluding hydrogens is 467 g/mol. The molecule has 0 saturated heterocycles. The summed E-state index contributed by atoms with van der Waals surface area (Å²) in [6, 6.07) is 14.6. The number of thioether (sulfide) groups is 1. The highest BCUT2D eigenvalue weighted by atomic mass is 32.2. The Bertz CT molecular complexity index is 1440. The number of fused-ring (bicyclic) bond motifs is 1. The molecule has 2 aromatic carbocycles. The molecule has 4 aromatic rings. The van der Waals surface area contributed by atoms with Crippen LogP contribution in [0.3, 0.4) is 0 Å². The highest BCUT2D eigenvalue weighted by Crippen LogP contribution is 2.32. The Morgan fingerprint density at radius 3 is 2.67 bits per heavy atom. The van der Waals surface area contributed by atoms with Gasteiger partial charge in [0, 0.05) is 23.7 Å². The van der Waals surface area contributed by atoms with Crippen LogP contribution in [0.2, 0.25) is 0 Å². The molecule has 168 valence electrons. The quantitative estimate of drug-likeness (QED) is 0.182. The third-order valence-corrected chi connectivity index (χ3v) is 7.07. The number of thiophene rings is 1. The molecule has 33 heavy (non-hydrogen) atoms. The fourth-order valence-electron chi connectivity index (χ4n) is 3.08. The largest absolute Gasteiger partial charge is 0.325 e. The van der Waals surface area contributed by atoms with Gasteiger partial charge in [-0.05, 0) is 30.7 Å². The highest BCUT2D eigenvalue weighted by Gasteiger charge is 2.21. The number of nitrogens with one attached hydrogen (secondary N) is 1. The summed E-state index contributed by atoms with van der Waals surface area (Å²) in [6.07, 6.45) is 0. The van der Waals surface area contributed by atoms with Crippen molar-refractivity contribution in [3.05, 3.63) is 80.9 Å². The van der Waals surface area contributed by atoms with Gasteiger partial charge in [-0.15, -0.1) is 11.3 Å². The first-order valence-electron chi connectivity index (χ1n) is 9.72. The Balaban J connectivity index is 1.57. The maximum absolute atomic E-state index is 13.5. The van der Waals surface area contributed by atoms with Gasteiger partial charge in [0.2, 0.25) is 11.7 Å². The van der Waals surface area contributed by atoms with Crippen molar-refractivity contribution in [2.24, 2.45) is 7.05 Å². The summed E-state index contributed by atoms with van der Waals surface area (Å²) in [5.41, 5.74) is 0.138. The predicted molar refractivity (Wildman–Crippen MR) is 127 cm³/mol. The molecular formula is C22H17FN4O4S2. The lowest BCUT2D eigenvalue weighted by molar-refractivity contribution is -0.387. The summed E-state index contributed by atoms with van der Waals surface area (Å²) in [6.45, 7) is 1.62. The van der Waals surface area contributed by atoms with Crippen LogP contribution in [0.1, 0.15) is 6.92 Å². The Morgan fingerprint density at radius 2 is 1.97 bits per heavy atom. The van der Waals surface area contributed by atoms with Gasteiger partial charge in [0.1, 0.15) is 4.83 Å². The molecule has 2 aromatic heterocycles. The lowest BCUT2D eigenvalue weighted by Gasteiger charge is -2.13. The number of nitrogens with zero attached hydrogens (tertiary/aromatic N) is 3. The predicted octanol–water partition coefficient (Wildman–Crippen LogP) is 4.83. The molecule has 1 unspecified atom stereocenters. The van der Waals surface area contributed by atoms with E-state index in [2.05, 4.69) is 10.3 Å². The van der Waals surface area contributed by atoms with Crippen LogP contribution in [-0.2, 0) is 11.8 Å². The van der Waals surface area contributed by atoms with E-state index in [4.69, 9.17) is 0 Å². The molecule has 0 aliphatic carbocycles. The van der Waals surface area contributed by atoms with E-state index < -0.39 is 27.6 Å². The maximum atomic E-state index is 13.5. The molecule has 2 heterocycles. The first-order valence-corrected chi connectivity index (χ1v) is 11.4. The second-order valence-electron chi connectivity index (χ2n) is 7.13. The van der Waals surface area contributed by atoms with Crippen molar-refractivity contribution in [2.45, 2.75) is 17.3 Å². The number of nitro benzene ring substituents is 1. The van der Waals surface area contributed by atoms with E-state index in [9.17, 15) is 24.1 Å². The number of hydrogen-bond acceptors (Lipinski definition) is 7. The number of benzene rings is 2. The number of halogens is 1. The highest BCUT2D eigenvalue weighted by molar-refractivity contribution is 8.00. The molecule has 0 bridgehead atoms. The molecule has 1 amide bonds. The van der Waals surface area contributed by atoms with Crippen molar-refractivity contribution in [1.82, 2.24) is 9.55 Å². The smallest absolute Gasteiger partial charge is 0.306 e. The van der Waals surface area contributed by atoms with Gasteiger partial charge in [-0.3, -0.25) is 24.3 Å². The van der Waals surface area contributed by atoms with Crippen LogP contribution in [0.25, 0.3) is 20.7 Å². The van der Waals surface area contributed by atoms with Crippen LogP contribution < -0.4 is 10.9 Å². The molecule has 1 atom stereocenters. The molecule has 8 nitrogen and oxygen atoms in total. The lowest BCUT2D eigenvalue weighted by Crippen LogP contribution is -2.25. The first-order chi connectivity index (χ1) is 15.7. The molecule has 1 N–H and O–H groups in total. The van der Waals surface area contributed by atoms with E-state index >= 15 is 0 Å². The Labute approximate surface area is 195 Å². The van der Waals surface area contributed by atoms with Crippen LogP contribution in [0.5, 0.6) is 0 Å². The van der Waals surface area contributed by atoms with E-state index in [1.165, 1.54) is 22.0 Å². The lowest BCUT2D eigenvalue weighted by atomic mass is 10.2. The zero-order chi connectivity index (χ0) is 23.7. The SMILES string of the molecule is CC(Sc1nc2sc(-c3ccccc3)cc2c(=O)n1C)C(=O)Nc1ccc(F)c([N+](=O)[O-])c1. The molecule has 4 rings (SSSR count). The molecule has 0 fully saturated rings. The number of hydrogen-bond donors (Lipinski definition) is 1. The number of aromatic nitrogens is 2. The van der Waals surface area contributed by atoms with Gasteiger partial charge in [-0.1, -0.05) is 42.1 Å². The molecule has 0 saturated carbocycles. The number of nitro groups is 1. The molecule has 0 aliphatic heterocycles. The van der Waals surface area contributed by atoms with Crippen LogP contribution in [-0.4, -0.2) is 25.6 Å². The van der Waals surface area contributed by atoms with Crippen molar-refractivity contribution < 1.29 is 14.1 Å². The summed E-state index contributed by atoms with van der Waals surface area (Å²) >= 11 is 2.48. The molecule has 0 aliphatic rings. The van der Waals surface area contributed by atoms with Crippen molar-refractivity contribution in [2.75, 3.05) is 5.32 Å². The zero-order valence-electron chi connectivity index (χ0n) is 17.4. The molecule has 0 spiro atoms. The number of amides is 1. The van der Waals surface area contributed by atoms with Gasteiger partial charge in [0.05, 0.1) is 15.6 Å². The number of carbonyl (C=O) groups excluding carboxylic acids is 1. The summed E-state index contributed by atoms with van der Waals surface area (Å²) in [7, 11) is 1.59. The van der Waals surface area contributed by atoms with Crippen molar-refractivity contribution in [3.8, 4) is 10.4 Å². The average molecular weight is 485 g/mol. The minimum atomic E-state index is -0.987. The molecule has 0 radical (unpaired) electrons. The fraction of sp³-hybridized carbons (Fsp3) is 0.136. The van der Waals surface area contributed by atoms with Gasteiger partial charge in [-0.2, -0.15) is 4.39 Å². The average Bonchev–Trinajstić information content (AvgIpc) is 3.23. The van der Waals surface area contributed by atoms with E-state index in [1.54, 1.807) is 14.0 Å². The van der Waals surface area contributed by atoms with Gasteiger partial charge < -0.3 is 5.32 Å². The minimum absolute atomic E-state index is 0.101. The Kier molecular flexibility index (Phi) is 6.25. The maximum Gasteiger partial charge on any atom is 0.306 e. The number of rotatable bonds is 6. The van der Waals surface area contributed by atoms with Crippen LogP contribution >= 0.6 is 23.1 Å².